The van der Waals surface area contributed by atoms with Gasteiger partial charge in [-0.1, -0.05) is 36.4 Å². The molecular formula is C28H33N5O3S. The first-order chi connectivity index (χ1) is 17.9. The number of rotatable bonds is 8. The van der Waals surface area contributed by atoms with Crippen LogP contribution in [0.15, 0.2) is 59.8 Å². The van der Waals surface area contributed by atoms with Gasteiger partial charge in [-0.15, -0.1) is 0 Å². The van der Waals surface area contributed by atoms with Crippen LogP contribution in [0.2, 0.25) is 0 Å². The number of likely N-dealkylation sites (tertiary alicyclic amines) is 1. The van der Waals surface area contributed by atoms with Crippen molar-refractivity contribution in [1.29, 1.82) is 0 Å². The van der Waals surface area contributed by atoms with E-state index in [1.807, 2.05) is 6.07 Å². The molecule has 0 spiro atoms. The Bertz CT molecular complexity index is 1390. The largest absolute Gasteiger partial charge is 0.368 e. The fraction of sp³-hybridized carbons (Fsp3) is 0.429. The number of carbonyl (C=O) groups excluding carboxylic acids is 1. The first-order valence-electron chi connectivity index (χ1n) is 13.1. The first-order valence-corrected chi connectivity index (χ1v) is 14.6. The predicted molar refractivity (Wildman–Crippen MR) is 143 cm³/mol. The van der Waals surface area contributed by atoms with E-state index in [2.05, 4.69) is 56.0 Å². The van der Waals surface area contributed by atoms with Crippen LogP contribution in [0.1, 0.15) is 45.8 Å². The van der Waals surface area contributed by atoms with Crippen LogP contribution in [0.4, 0.5) is 5.69 Å². The molecule has 2 aliphatic heterocycles. The number of aryl methyl sites for hydroxylation is 2. The average molecular weight is 520 g/mol. The molecule has 2 saturated heterocycles. The van der Waals surface area contributed by atoms with Crippen molar-refractivity contribution in [2.75, 3.05) is 31.1 Å². The summed E-state index contributed by atoms with van der Waals surface area (Å²) in [7, 11) is -1.93. The van der Waals surface area contributed by atoms with Gasteiger partial charge in [-0.05, 0) is 61.5 Å². The fourth-order valence-corrected chi connectivity index (χ4v) is 7.41. The molecule has 0 radical (unpaired) electrons. The van der Waals surface area contributed by atoms with E-state index in [1.54, 1.807) is 7.05 Å². The highest BCUT2D eigenvalue weighted by atomic mass is 32.2. The Kier molecular flexibility index (Phi) is 6.38. The van der Waals surface area contributed by atoms with Gasteiger partial charge in [0.2, 0.25) is 10.0 Å². The van der Waals surface area contributed by atoms with E-state index >= 15 is 0 Å². The van der Waals surface area contributed by atoms with E-state index in [1.165, 1.54) is 40.2 Å². The van der Waals surface area contributed by atoms with Crippen LogP contribution in [0, 0.1) is 0 Å². The van der Waals surface area contributed by atoms with Crippen LogP contribution in [-0.2, 0) is 29.9 Å². The number of nitrogens with one attached hydrogen (secondary N) is 1. The molecule has 1 N–H and O–H groups in total. The van der Waals surface area contributed by atoms with Gasteiger partial charge in [-0.2, -0.15) is 5.10 Å². The van der Waals surface area contributed by atoms with Gasteiger partial charge in [0.05, 0.1) is 12.2 Å². The topological polar surface area (TPSA) is 87.5 Å². The SMILES string of the molecule is Cn1cc(S(=O)(=O)NC2CN(c3ccc4c(c3C=O)[C@@H](Cc3ccccc3)[C@@H](N3CCC3)CC4)C2)cn1. The average Bonchev–Trinajstić information content (AvgIpc) is 3.29. The summed E-state index contributed by atoms with van der Waals surface area (Å²) in [6, 6.07) is 15.0. The summed E-state index contributed by atoms with van der Waals surface area (Å²) in [4.78, 5) is 17.5. The van der Waals surface area contributed by atoms with Crippen LogP contribution in [0.5, 0.6) is 0 Å². The van der Waals surface area contributed by atoms with Gasteiger partial charge in [0.25, 0.3) is 0 Å². The summed E-state index contributed by atoms with van der Waals surface area (Å²) >= 11 is 0. The lowest BCUT2D eigenvalue weighted by atomic mass is 9.72. The van der Waals surface area contributed by atoms with Gasteiger partial charge in [0, 0.05) is 49.5 Å². The van der Waals surface area contributed by atoms with E-state index < -0.39 is 10.0 Å². The second kappa shape index (κ2) is 9.70. The van der Waals surface area contributed by atoms with Crippen molar-refractivity contribution in [3.05, 3.63) is 77.1 Å². The molecule has 1 aromatic heterocycles. The molecular weight excluding hydrogens is 486 g/mol. The van der Waals surface area contributed by atoms with Crippen molar-refractivity contribution < 1.29 is 13.2 Å². The van der Waals surface area contributed by atoms with Crippen LogP contribution < -0.4 is 9.62 Å². The smallest absolute Gasteiger partial charge is 0.244 e. The van der Waals surface area contributed by atoms with Crippen LogP contribution in [0.25, 0.3) is 0 Å². The normalized spacial score (nSPS) is 22.2. The quantitative estimate of drug-likeness (QED) is 0.461. The monoisotopic (exact) mass is 519 g/mol. The number of hydrogen-bond donors (Lipinski definition) is 1. The van der Waals surface area contributed by atoms with Crippen molar-refractivity contribution in [3.8, 4) is 0 Å². The molecule has 2 aromatic carbocycles. The highest BCUT2D eigenvalue weighted by Crippen LogP contribution is 2.43. The zero-order valence-corrected chi connectivity index (χ0v) is 21.9. The molecule has 0 bridgehead atoms. The number of anilines is 1. The zero-order valence-electron chi connectivity index (χ0n) is 21.1. The number of aromatic nitrogens is 2. The Balaban J connectivity index is 1.27. The van der Waals surface area contributed by atoms with Crippen molar-refractivity contribution in [2.24, 2.45) is 7.05 Å². The molecule has 194 valence electrons. The molecule has 0 saturated carbocycles. The molecule has 6 rings (SSSR count). The molecule has 37 heavy (non-hydrogen) atoms. The number of aldehydes is 1. The van der Waals surface area contributed by atoms with E-state index in [0.29, 0.717) is 19.1 Å². The lowest BCUT2D eigenvalue weighted by Gasteiger charge is -2.47. The maximum absolute atomic E-state index is 12.7. The number of sulfonamides is 1. The Labute approximate surface area is 218 Å². The highest BCUT2D eigenvalue weighted by molar-refractivity contribution is 7.89. The minimum absolute atomic E-state index is 0.164. The second-order valence-electron chi connectivity index (χ2n) is 10.6. The van der Waals surface area contributed by atoms with Crippen molar-refractivity contribution in [1.82, 2.24) is 19.4 Å². The van der Waals surface area contributed by atoms with Gasteiger partial charge in [-0.3, -0.25) is 14.4 Å². The Morgan fingerprint density at radius 3 is 2.54 bits per heavy atom. The maximum atomic E-state index is 12.7. The number of benzene rings is 2. The van der Waals surface area contributed by atoms with E-state index in [0.717, 1.165) is 49.9 Å². The van der Waals surface area contributed by atoms with Crippen molar-refractivity contribution in [3.63, 3.8) is 0 Å². The molecule has 2 atom stereocenters. The Morgan fingerprint density at radius 1 is 1.11 bits per heavy atom. The molecule has 9 heteroatoms. The lowest BCUT2D eigenvalue weighted by molar-refractivity contribution is 0.0871. The predicted octanol–water partition coefficient (Wildman–Crippen LogP) is 2.75. The number of carbonyl (C=O) groups is 1. The number of fused-ring (bicyclic) bond motifs is 1. The molecule has 8 nitrogen and oxygen atoms in total. The van der Waals surface area contributed by atoms with Crippen LogP contribution >= 0.6 is 0 Å². The summed E-state index contributed by atoms with van der Waals surface area (Å²) in [6.45, 7) is 3.31. The Morgan fingerprint density at radius 2 is 1.89 bits per heavy atom. The summed E-state index contributed by atoms with van der Waals surface area (Å²) < 4.78 is 29.7. The standard InChI is InChI=1S/C28H33N5O3S/c1-31-18-23(15-29-31)37(35,36)30-22-16-33(17-22)27-11-9-21-8-10-26(32-12-5-13-32)24(28(21)25(27)19-34)14-20-6-3-2-4-7-20/h2-4,6-7,9,11,15,18-19,22,24,26,30H,5,8,10,12-14,16-17H2,1H3/t24-,26-/m0/s1. The molecule has 0 amide bonds. The zero-order chi connectivity index (χ0) is 25.6. The molecule has 2 fully saturated rings. The summed E-state index contributed by atoms with van der Waals surface area (Å²) in [5.74, 6) is 0.257. The summed E-state index contributed by atoms with van der Waals surface area (Å²) in [5.41, 5.74) is 5.45. The van der Waals surface area contributed by atoms with E-state index in [-0.39, 0.29) is 16.9 Å². The third-order valence-electron chi connectivity index (χ3n) is 8.21. The van der Waals surface area contributed by atoms with Gasteiger partial charge < -0.3 is 4.90 Å². The third kappa shape index (κ3) is 4.60. The minimum atomic E-state index is -3.63. The molecule has 1 aliphatic carbocycles. The molecule has 3 aromatic rings. The van der Waals surface area contributed by atoms with Gasteiger partial charge >= 0.3 is 0 Å². The van der Waals surface area contributed by atoms with Gasteiger partial charge in [0.15, 0.2) is 6.29 Å². The first kappa shape index (κ1) is 24.3. The Hall–Kier alpha value is -3.01. The molecule has 0 unspecified atom stereocenters. The molecule has 3 heterocycles. The fourth-order valence-electron chi connectivity index (χ4n) is 6.21. The molecule has 3 aliphatic rings. The summed E-state index contributed by atoms with van der Waals surface area (Å²) in [5, 5.41) is 3.97. The van der Waals surface area contributed by atoms with Gasteiger partial charge in [0.1, 0.15) is 4.90 Å². The highest BCUT2D eigenvalue weighted by Gasteiger charge is 2.39. The maximum Gasteiger partial charge on any atom is 0.244 e. The van der Waals surface area contributed by atoms with E-state index in [9.17, 15) is 13.2 Å². The second-order valence-corrected chi connectivity index (χ2v) is 12.3. The van der Waals surface area contributed by atoms with Gasteiger partial charge in [-0.25, -0.2) is 13.1 Å². The summed E-state index contributed by atoms with van der Waals surface area (Å²) in [6.07, 6.45) is 8.12. The lowest BCUT2D eigenvalue weighted by Crippen LogP contribution is -2.59. The third-order valence-corrected chi connectivity index (χ3v) is 9.69. The van der Waals surface area contributed by atoms with Crippen molar-refractivity contribution in [2.45, 2.75) is 48.6 Å². The van der Waals surface area contributed by atoms with Crippen LogP contribution in [0.3, 0.4) is 0 Å². The van der Waals surface area contributed by atoms with E-state index in [4.69, 9.17) is 0 Å². The van der Waals surface area contributed by atoms with Crippen molar-refractivity contribution >= 4 is 22.0 Å². The minimum Gasteiger partial charge on any atom is -0.368 e. The number of hydrogen-bond acceptors (Lipinski definition) is 6. The number of nitrogens with zero attached hydrogens (tertiary/aromatic N) is 4. The van der Waals surface area contributed by atoms with Crippen LogP contribution in [-0.4, -0.2) is 67.6 Å².